The molecule has 0 aliphatic carbocycles. The Morgan fingerprint density at radius 3 is 2.52 bits per heavy atom. The second-order valence-electron chi connectivity index (χ2n) is 5.50. The molecule has 1 aromatic carbocycles. The maximum atomic E-state index is 12.2. The van der Waals surface area contributed by atoms with Gasteiger partial charge >= 0.3 is 5.97 Å². The lowest BCUT2D eigenvalue weighted by Crippen LogP contribution is -2.31. The number of nitrogens with one attached hydrogen (secondary N) is 1. The standard InChI is InChI=1S/C16H23NO4/c1-11(2)8-12(9-15(18)19)10-17-16(20)13-6-4-5-7-14(13)21-3/h4-7,11-12H,8-10H2,1-3H3,(H,17,20)(H,18,19). The Morgan fingerprint density at radius 2 is 1.95 bits per heavy atom. The molecule has 0 radical (unpaired) electrons. The van der Waals surface area contributed by atoms with Crippen LogP contribution in [0.4, 0.5) is 0 Å². The van der Waals surface area contributed by atoms with Gasteiger partial charge in [-0.25, -0.2) is 0 Å². The number of hydrogen-bond acceptors (Lipinski definition) is 3. The first-order chi connectivity index (χ1) is 9.93. The van der Waals surface area contributed by atoms with Gasteiger partial charge in [0.15, 0.2) is 0 Å². The van der Waals surface area contributed by atoms with Crippen molar-refractivity contribution in [3.8, 4) is 5.75 Å². The van der Waals surface area contributed by atoms with Crippen LogP contribution in [0, 0.1) is 11.8 Å². The topological polar surface area (TPSA) is 75.6 Å². The minimum absolute atomic E-state index is 0.0599. The molecule has 0 spiro atoms. The minimum atomic E-state index is -0.841. The second kappa shape index (κ2) is 8.29. The molecule has 1 unspecified atom stereocenters. The SMILES string of the molecule is COc1ccccc1C(=O)NCC(CC(=O)O)CC(C)C. The monoisotopic (exact) mass is 293 g/mol. The summed E-state index contributed by atoms with van der Waals surface area (Å²) in [7, 11) is 1.51. The van der Waals surface area contributed by atoms with Gasteiger partial charge in [0.25, 0.3) is 5.91 Å². The van der Waals surface area contributed by atoms with Crippen LogP contribution in [0.2, 0.25) is 0 Å². The molecular formula is C16H23NO4. The highest BCUT2D eigenvalue weighted by Gasteiger charge is 2.17. The summed E-state index contributed by atoms with van der Waals surface area (Å²) in [6.45, 7) is 4.43. The highest BCUT2D eigenvalue weighted by molar-refractivity contribution is 5.96. The Bertz CT molecular complexity index is 485. The van der Waals surface area contributed by atoms with Gasteiger partial charge in [-0.3, -0.25) is 9.59 Å². The Balaban J connectivity index is 2.66. The van der Waals surface area contributed by atoms with E-state index < -0.39 is 5.97 Å². The van der Waals surface area contributed by atoms with E-state index in [9.17, 15) is 9.59 Å². The van der Waals surface area contributed by atoms with E-state index in [1.165, 1.54) is 7.11 Å². The molecule has 5 nitrogen and oxygen atoms in total. The van der Waals surface area contributed by atoms with Gasteiger partial charge in [-0.2, -0.15) is 0 Å². The molecule has 0 saturated heterocycles. The van der Waals surface area contributed by atoms with Crippen LogP contribution in [-0.2, 0) is 4.79 Å². The molecule has 0 aliphatic heterocycles. The van der Waals surface area contributed by atoms with Gasteiger partial charge in [0.2, 0.25) is 0 Å². The number of benzene rings is 1. The molecule has 1 aromatic rings. The number of para-hydroxylation sites is 1. The molecule has 0 fully saturated rings. The molecule has 0 aliphatic rings. The summed E-state index contributed by atoms with van der Waals surface area (Å²) < 4.78 is 5.15. The molecule has 1 rings (SSSR count). The molecule has 2 N–H and O–H groups in total. The summed E-state index contributed by atoms with van der Waals surface area (Å²) in [6.07, 6.45) is 0.822. The Kier molecular flexibility index (Phi) is 6.72. The summed E-state index contributed by atoms with van der Waals surface area (Å²) in [6, 6.07) is 6.96. The number of carboxylic acid groups (broad SMARTS) is 1. The first kappa shape index (κ1) is 17.0. The third-order valence-electron chi connectivity index (χ3n) is 3.17. The smallest absolute Gasteiger partial charge is 0.303 e. The molecule has 0 heterocycles. The summed E-state index contributed by atoms with van der Waals surface area (Å²) >= 11 is 0. The molecule has 0 aromatic heterocycles. The predicted molar refractivity (Wildman–Crippen MR) is 80.5 cm³/mol. The van der Waals surface area contributed by atoms with Gasteiger partial charge in [-0.15, -0.1) is 0 Å². The third-order valence-corrected chi connectivity index (χ3v) is 3.17. The average Bonchev–Trinajstić information content (AvgIpc) is 2.43. The van der Waals surface area contributed by atoms with Crippen LogP contribution >= 0.6 is 0 Å². The Hall–Kier alpha value is -2.04. The number of aliphatic carboxylic acids is 1. The van der Waals surface area contributed by atoms with Crippen molar-refractivity contribution in [3.05, 3.63) is 29.8 Å². The van der Waals surface area contributed by atoms with E-state index in [1.54, 1.807) is 24.3 Å². The largest absolute Gasteiger partial charge is 0.496 e. The Labute approximate surface area is 125 Å². The molecule has 0 saturated carbocycles. The predicted octanol–water partition coefficient (Wildman–Crippen LogP) is 2.56. The summed E-state index contributed by atoms with van der Waals surface area (Å²) in [5.41, 5.74) is 0.457. The van der Waals surface area contributed by atoms with Crippen LogP contribution in [0.3, 0.4) is 0 Å². The number of rotatable bonds is 8. The number of carbonyl (C=O) groups is 2. The lowest BCUT2D eigenvalue weighted by molar-refractivity contribution is -0.138. The Morgan fingerprint density at radius 1 is 1.29 bits per heavy atom. The van der Waals surface area contributed by atoms with Crippen LogP contribution < -0.4 is 10.1 Å². The lowest BCUT2D eigenvalue weighted by Gasteiger charge is -2.18. The maximum Gasteiger partial charge on any atom is 0.303 e. The van der Waals surface area contributed by atoms with Gasteiger partial charge in [-0.1, -0.05) is 26.0 Å². The number of hydrogen-bond donors (Lipinski definition) is 2. The van der Waals surface area contributed by atoms with Crippen LogP contribution in [-0.4, -0.2) is 30.6 Å². The highest BCUT2D eigenvalue weighted by Crippen LogP contribution is 2.18. The van der Waals surface area contributed by atoms with Crippen molar-refractivity contribution in [2.45, 2.75) is 26.7 Å². The fourth-order valence-corrected chi connectivity index (χ4v) is 2.32. The summed E-state index contributed by atoms with van der Waals surface area (Å²) in [4.78, 5) is 23.0. The number of ether oxygens (including phenoxy) is 1. The van der Waals surface area contributed by atoms with E-state index >= 15 is 0 Å². The van der Waals surface area contributed by atoms with E-state index in [4.69, 9.17) is 9.84 Å². The van der Waals surface area contributed by atoms with Crippen LogP contribution in [0.5, 0.6) is 5.75 Å². The van der Waals surface area contributed by atoms with Crippen LogP contribution in [0.25, 0.3) is 0 Å². The van der Waals surface area contributed by atoms with E-state index in [-0.39, 0.29) is 18.2 Å². The second-order valence-corrected chi connectivity index (χ2v) is 5.50. The van der Waals surface area contributed by atoms with Crippen molar-refractivity contribution in [2.75, 3.05) is 13.7 Å². The van der Waals surface area contributed by atoms with Crippen molar-refractivity contribution in [2.24, 2.45) is 11.8 Å². The zero-order valence-corrected chi connectivity index (χ0v) is 12.8. The zero-order valence-electron chi connectivity index (χ0n) is 12.8. The molecule has 5 heteroatoms. The normalized spacial score (nSPS) is 12.0. The van der Waals surface area contributed by atoms with E-state index in [0.29, 0.717) is 23.8 Å². The number of carboxylic acids is 1. The minimum Gasteiger partial charge on any atom is -0.496 e. The van der Waals surface area contributed by atoms with Crippen molar-refractivity contribution < 1.29 is 19.4 Å². The summed E-state index contributed by atoms with van der Waals surface area (Å²) in [5, 5.41) is 11.7. The summed E-state index contributed by atoms with van der Waals surface area (Å²) in [5.74, 6) is -0.258. The lowest BCUT2D eigenvalue weighted by atomic mass is 9.94. The van der Waals surface area contributed by atoms with Gasteiger partial charge in [0, 0.05) is 13.0 Å². The molecule has 1 amide bonds. The fourth-order valence-electron chi connectivity index (χ4n) is 2.32. The number of carbonyl (C=O) groups excluding carboxylic acids is 1. The highest BCUT2D eigenvalue weighted by atomic mass is 16.5. The van der Waals surface area contributed by atoms with Crippen LogP contribution in [0.1, 0.15) is 37.0 Å². The first-order valence-electron chi connectivity index (χ1n) is 7.07. The quantitative estimate of drug-likeness (QED) is 0.772. The molecule has 0 bridgehead atoms. The van der Waals surface area contributed by atoms with Crippen molar-refractivity contribution >= 4 is 11.9 Å². The molecule has 21 heavy (non-hydrogen) atoms. The van der Waals surface area contributed by atoms with Gasteiger partial charge in [0.05, 0.1) is 12.7 Å². The molecule has 1 atom stereocenters. The first-order valence-corrected chi connectivity index (χ1v) is 7.07. The van der Waals surface area contributed by atoms with Crippen molar-refractivity contribution in [3.63, 3.8) is 0 Å². The van der Waals surface area contributed by atoms with E-state index in [1.807, 2.05) is 13.8 Å². The average molecular weight is 293 g/mol. The zero-order chi connectivity index (χ0) is 15.8. The van der Waals surface area contributed by atoms with Crippen molar-refractivity contribution in [1.29, 1.82) is 0 Å². The van der Waals surface area contributed by atoms with Gasteiger partial charge in [0.1, 0.15) is 5.75 Å². The molecular weight excluding hydrogens is 270 g/mol. The molecule has 116 valence electrons. The van der Waals surface area contributed by atoms with E-state index in [0.717, 1.165) is 6.42 Å². The van der Waals surface area contributed by atoms with Gasteiger partial charge < -0.3 is 15.2 Å². The van der Waals surface area contributed by atoms with Crippen LogP contribution in [0.15, 0.2) is 24.3 Å². The van der Waals surface area contributed by atoms with Gasteiger partial charge in [-0.05, 0) is 30.4 Å². The fraction of sp³-hybridized carbons (Fsp3) is 0.500. The number of methoxy groups -OCH3 is 1. The van der Waals surface area contributed by atoms with E-state index in [2.05, 4.69) is 5.32 Å². The third kappa shape index (κ3) is 5.85. The number of amides is 1. The maximum absolute atomic E-state index is 12.2. The van der Waals surface area contributed by atoms with Crippen molar-refractivity contribution in [1.82, 2.24) is 5.32 Å².